The Morgan fingerprint density at radius 3 is 2.57 bits per heavy atom. The van der Waals surface area contributed by atoms with Crippen molar-refractivity contribution in [2.45, 2.75) is 12.8 Å². The van der Waals surface area contributed by atoms with Gasteiger partial charge in [-0.3, -0.25) is 14.7 Å². The first-order valence-electron chi connectivity index (χ1n) is 14.6. The van der Waals surface area contributed by atoms with Crippen LogP contribution in [0.25, 0.3) is 22.0 Å². The fourth-order valence-electron chi connectivity index (χ4n) is 5.17. The zero-order valence-electron chi connectivity index (χ0n) is 24.4. The zero-order valence-corrected chi connectivity index (χ0v) is 24.4. The summed E-state index contributed by atoms with van der Waals surface area (Å²) in [6, 6.07) is 19.4. The van der Waals surface area contributed by atoms with E-state index in [0.29, 0.717) is 52.6 Å². The molecule has 1 aliphatic heterocycles. The first-order chi connectivity index (χ1) is 21.6. The fourth-order valence-corrected chi connectivity index (χ4v) is 5.17. The van der Waals surface area contributed by atoms with Gasteiger partial charge in [-0.1, -0.05) is 36.4 Å². The Bertz CT molecular complexity index is 1790. The van der Waals surface area contributed by atoms with E-state index in [-0.39, 0.29) is 16.9 Å². The van der Waals surface area contributed by atoms with Crippen LogP contribution in [0.15, 0.2) is 83.9 Å². The van der Waals surface area contributed by atoms with Crippen LogP contribution in [0.2, 0.25) is 0 Å². The number of benzene rings is 3. The SMILES string of the molecule is COc1cc2c(Oc3ccc(-c4cnc(Cc5ccccc5)[nH]c4=O)cc3F)ccnc2cc1OCCCN1CCOCC1. The number of nitrogens with one attached hydrogen (secondary N) is 1. The lowest BCUT2D eigenvalue weighted by molar-refractivity contribution is 0.0357. The smallest absolute Gasteiger partial charge is 0.258 e. The molecule has 0 saturated carbocycles. The van der Waals surface area contributed by atoms with Crippen molar-refractivity contribution in [3.8, 4) is 34.1 Å². The highest BCUT2D eigenvalue weighted by molar-refractivity contribution is 5.88. The van der Waals surface area contributed by atoms with E-state index in [1.165, 1.54) is 18.3 Å². The monoisotopic (exact) mass is 596 g/mol. The highest BCUT2D eigenvalue weighted by Gasteiger charge is 2.16. The number of aromatic amines is 1. The second-order valence-electron chi connectivity index (χ2n) is 10.5. The van der Waals surface area contributed by atoms with E-state index in [1.807, 2.05) is 30.3 Å². The van der Waals surface area contributed by atoms with Crippen LogP contribution in [0.1, 0.15) is 17.8 Å². The van der Waals surface area contributed by atoms with E-state index in [2.05, 4.69) is 19.9 Å². The van der Waals surface area contributed by atoms with Crippen molar-refractivity contribution in [3.05, 3.63) is 107 Å². The highest BCUT2D eigenvalue weighted by Crippen LogP contribution is 2.38. The molecule has 3 heterocycles. The maximum absolute atomic E-state index is 15.3. The molecular formula is C34H33FN4O5. The van der Waals surface area contributed by atoms with Crippen molar-refractivity contribution in [3.63, 3.8) is 0 Å². The van der Waals surface area contributed by atoms with Crippen molar-refractivity contribution in [2.75, 3.05) is 46.6 Å². The Hall–Kier alpha value is -4.80. The van der Waals surface area contributed by atoms with Crippen molar-refractivity contribution in [1.29, 1.82) is 0 Å². The van der Waals surface area contributed by atoms with Gasteiger partial charge in [0.2, 0.25) is 0 Å². The summed E-state index contributed by atoms with van der Waals surface area (Å²) in [5.74, 6) is 1.44. The second-order valence-corrected chi connectivity index (χ2v) is 10.5. The van der Waals surface area contributed by atoms with Crippen LogP contribution >= 0.6 is 0 Å². The molecule has 0 aliphatic carbocycles. The van der Waals surface area contributed by atoms with E-state index in [1.54, 1.807) is 37.6 Å². The number of hydrogen-bond acceptors (Lipinski definition) is 8. The van der Waals surface area contributed by atoms with Crippen LogP contribution in [0.3, 0.4) is 0 Å². The number of fused-ring (bicyclic) bond motifs is 1. The Balaban J connectivity index is 1.16. The van der Waals surface area contributed by atoms with Crippen LogP contribution in [0.4, 0.5) is 4.39 Å². The normalized spacial score (nSPS) is 13.6. The third-order valence-electron chi connectivity index (χ3n) is 7.50. The molecule has 5 aromatic rings. The summed E-state index contributed by atoms with van der Waals surface area (Å²) in [6.07, 6.45) is 4.43. The maximum atomic E-state index is 15.3. The molecule has 226 valence electrons. The van der Waals surface area contributed by atoms with Crippen molar-refractivity contribution >= 4 is 10.9 Å². The molecule has 2 aromatic heterocycles. The number of halogens is 1. The van der Waals surface area contributed by atoms with Gasteiger partial charge in [-0.2, -0.15) is 0 Å². The molecule has 0 unspecified atom stereocenters. The number of nitrogens with zero attached hydrogens (tertiary/aromatic N) is 3. The Kier molecular flexibility index (Phi) is 9.09. The topological polar surface area (TPSA) is 98.8 Å². The third-order valence-corrected chi connectivity index (χ3v) is 7.50. The quantitative estimate of drug-likeness (QED) is 0.196. The van der Waals surface area contributed by atoms with Gasteiger partial charge in [-0.05, 0) is 41.8 Å². The summed E-state index contributed by atoms with van der Waals surface area (Å²) < 4.78 is 38.4. The third kappa shape index (κ3) is 6.88. The second kappa shape index (κ2) is 13.7. The van der Waals surface area contributed by atoms with Gasteiger partial charge in [0, 0.05) is 49.9 Å². The van der Waals surface area contributed by atoms with Gasteiger partial charge in [-0.15, -0.1) is 0 Å². The molecule has 44 heavy (non-hydrogen) atoms. The number of aromatic nitrogens is 3. The first kappa shape index (κ1) is 29.3. The number of rotatable bonds is 11. The summed E-state index contributed by atoms with van der Waals surface area (Å²) in [7, 11) is 1.57. The van der Waals surface area contributed by atoms with E-state index in [0.717, 1.165) is 44.8 Å². The van der Waals surface area contributed by atoms with Crippen molar-refractivity contribution in [2.24, 2.45) is 0 Å². The summed E-state index contributed by atoms with van der Waals surface area (Å²) in [6.45, 7) is 4.87. The molecule has 0 atom stereocenters. The molecule has 1 fully saturated rings. The van der Waals surface area contributed by atoms with Gasteiger partial charge in [0.1, 0.15) is 11.6 Å². The Morgan fingerprint density at radius 1 is 0.955 bits per heavy atom. The van der Waals surface area contributed by atoms with E-state index >= 15 is 4.39 Å². The molecule has 3 aromatic carbocycles. The van der Waals surface area contributed by atoms with E-state index in [4.69, 9.17) is 18.9 Å². The number of H-pyrrole nitrogens is 1. The van der Waals surface area contributed by atoms with Crippen LogP contribution in [-0.4, -0.2) is 66.4 Å². The molecule has 6 rings (SSSR count). The fraction of sp³-hybridized carbons (Fsp3) is 0.265. The number of hydrogen-bond donors (Lipinski definition) is 1. The van der Waals surface area contributed by atoms with Gasteiger partial charge < -0.3 is 23.9 Å². The van der Waals surface area contributed by atoms with E-state index < -0.39 is 5.82 Å². The summed E-state index contributed by atoms with van der Waals surface area (Å²) >= 11 is 0. The molecule has 1 aliphatic rings. The number of morpholine rings is 1. The van der Waals surface area contributed by atoms with Crippen LogP contribution in [0.5, 0.6) is 23.0 Å². The molecule has 10 heteroatoms. The molecule has 1 N–H and O–H groups in total. The van der Waals surface area contributed by atoms with Crippen molar-refractivity contribution in [1.82, 2.24) is 19.9 Å². The molecular weight excluding hydrogens is 563 g/mol. The molecule has 0 spiro atoms. The predicted molar refractivity (Wildman–Crippen MR) is 165 cm³/mol. The number of methoxy groups -OCH3 is 1. The summed E-state index contributed by atoms with van der Waals surface area (Å²) in [4.78, 5) is 26.8. The average Bonchev–Trinajstić information content (AvgIpc) is 3.05. The average molecular weight is 597 g/mol. The summed E-state index contributed by atoms with van der Waals surface area (Å²) in [5, 5.41) is 0.642. The molecule has 1 saturated heterocycles. The molecule has 0 amide bonds. The minimum atomic E-state index is -0.618. The Labute approximate surface area is 254 Å². The van der Waals surface area contributed by atoms with E-state index in [9.17, 15) is 4.79 Å². The minimum Gasteiger partial charge on any atom is -0.493 e. The lowest BCUT2D eigenvalue weighted by atomic mass is 10.1. The first-order valence-corrected chi connectivity index (χ1v) is 14.6. The zero-order chi connectivity index (χ0) is 30.3. The van der Waals surface area contributed by atoms with Gasteiger partial charge in [0.15, 0.2) is 23.1 Å². The predicted octanol–water partition coefficient (Wildman–Crippen LogP) is 5.62. The Morgan fingerprint density at radius 2 is 1.80 bits per heavy atom. The molecule has 0 bridgehead atoms. The maximum Gasteiger partial charge on any atom is 0.258 e. The van der Waals surface area contributed by atoms with Crippen molar-refractivity contribution < 1.29 is 23.3 Å². The molecule has 9 nitrogen and oxygen atoms in total. The lowest BCUT2D eigenvalue weighted by Crippen LogP contribution is -2.37. The largest absolute Gasteiger partial charge is 0.493 e. The van der Waals surface area contributed by atoms with Gasteiger partial charge in [0.05, 0.1) is 38.0 Å². The van der Waals surface area contributed by atoms with Gasteiger partial charge in [-0.25, -0.2) is 9.37 Å². The van der Waals surface area contributed by atoms with Crippen LogP contribution in [0, 0.1) is 5.82 Å². The minimum absolute atomic E-state index is 0.00809. The number of pyridine rings is 1. The van der Waals surface area contributed by atoms with Crippen LogP contribution < -0.4 is 19.8 Å². The summed E-state index contributed by atoms with van der Waals surface area (Å²) in [5.41, 5.74) is 1.97. The number of ether oxygens (including phenoxy) is 4. The standard InChI is InChI=1S/C34H33FN4O5/c1-41-31-20-25-28(21-32(31)43-15-5-12-39-13-16-42-17-14-39)36-11-10-29(25)44-30-9-8-24(19-27(30)35)26-22-37-33(38-34(26)40)18-23-6-3-2-4-7-23/h2-4,6-11,19-22H,5,12-18H2,1H3,(H,37,38,40). The van der Waals surface area contributed by atoms with Crippen LogP contribution in [-0.2, 0) is 11.2 Å². The van der Waals surface area contributed by atoms with Gasteiger partial charge >= 0.3 is 0 Å². The lowest BCUT2D eigenvalue weighted by Gasteiger charge is -2.26. The van der Waals surface area contributed by atoms with Gasteiger partial charge in [0.25, 0.3) is 5.56 Å². The highest BCUT2D eigenvalue weighted by atomic mass is 19.1. The molecule has 0 radical (unpaired) electrons.